The number of halogens is 1. The Kier molecular flexibility index (Phi) is 5.59. The molecule has 0 amide bonds. The van der Waals surface area contributed by atoms with Gasteiger partial charge in [-0.1, -0.05) is 30.3 Å². The quantitative estimate of drug-likeness (QED) is 0.816. The molecule has 1 N–H and O–H groups in total. The number of nitrogens with zero attached hydrogens (tertiary/aromatic N) is 1. The minimum atomic E-state index is -3.46. The molecule has 0 spiro atoms. The maximum absolute atomic E-state index is 11.9. The van der Waals surface area contributed by atoms with Gasteiger partial charge in [0.05, 0.1) is 5.38 Å². The lowest BCUT2D eigenvalue weighted by Crippen LogP contribution is -2.42. The average molecular weight is 291 g/mol. The molecule has 0 aromatic heterocycles. The lowest BCUT2D eigenvalue weighted by atomic mass is 10.1. The van der Waals surface area contributed by atoms with Gasteiger partial charge < -0.3 is 0 Å². The van der Waals surface area contributed by atoms with Gasteiger partial charge in [0.15, 0.2) is 0 Å². The summed E-state index contributed by atoms with van der Waals surface area (Å²) < 4.78 is 27.5. The Morgan fingerprint density at radius 3 is 2.33 bits per heavy atom. The van der Waals surface area contributed by atoms with Gasteiger partial charge in [0.2, 0.25) is 0 Å². The number of hydrogen-bond acceptors (Lipinski definition) is 2. The second-order valence-corrected chi connectivity index (χ2v) is 6.68. The predicted octanol–water partition coefficient (Wildman–Crippen LogP) is 2.14. The SMILES string of the molecule is CC(C)N(C)S(=O)(=O)NCC(Cl)c1ccccc1. The first kappa shape index (κ1) is 15.4. The molecule has 1 unspecified atom stereocenters. The van der Waals surface area contributed by atoms with Crippen molar-refractivity contribution < 1.29 is 8.42 Å². The summed E-state index contributed by atoms with van der Waals surface area (Å²) in [5, 5.41) is -0.374. The molecular weight excluding hydrogens is 272 g/mol. The summed E-state index contributed by atoms with van der Waals surface area (Å²) in [5.74, 6) is 0. The van der Waals surface area contributed by atoms with Crippen LogP contribution in [0.25, 0.3) is 0 Å². The molecule has 0 aliphatic rings. The maximum atomic E-state index is 11.9. The molecule has 0 saturated carbocycles. The first-order chi connectivity index (χ1) is 8.34. The number of benzene rings is 1. The molecule has 0 aliphatic carbocycles. The van der Waals surface area contributed by atoms with Crippen molar-refractivity contribution in [3.63, 3.8) is 0 Å². The van der Waals surface area contributed by atoms with E-state index in [2.05, 4.69) is 4.72 Å². The van der Waals surface area contributed by atoms with Crippen molar-refractivity contribution in [2.45, 2.75) is 25.3 Å². The fraction of sp³-hybridized carbons (Fsp3) is 0.500. The smallest absolute Gasteiger partial charge is 0.200 e. The van der Waals surface area contributed by atoms with Gasteiger partial charge in [0, 0.05) is 19.6 Å². The van der Waals surface area contributed by atoms with E-state index in [4.69, 9.17) is 11.6 Å². The van der Waals surface area contributed by atoms with E-state index in [1.807, 2.05) is 44.2 Å². The number of rotatable bonds is 6. The van der Waals surface area contributed by atoms with Crippen molar-refractivity contribution in [1.82, 2.24) is 9.03 Å². The van der Waals surface area contributed by atoms with Crippen LogP contribution in [-0.4, -0.2) is 32.4 Å². The maximum Gasteiger partial charge on any atom is 0.279 e. The average Bonchev–Trinajstić information content (AvgIpc) is 2.36. The van der Waals surface area contributed by atoms with E-state index in [0.29, 0.717) is 0 Å². The summed E-state index contributed by atoms with van der Waals surface area (Å²) in [5.41, 5.74) is 0.897. The van der Waals surface area contributed by atoms with Crippen LogP contribution in [0.15, 0.2) is 30.3 Å². The van der Waals surface area contributed by atoms with Gasteiger partial charge in [-0.15, -0.1) is 11.6 Å². The molecule has 18 heavy (non-hydrogen) atoms. The highest BCUT2D eigenvalue weighted by Gasteiger charge is 2.21. The minimum absolute atomic E-state index is 0.0898. The van der Waals surface area contributed by atoms with E-state index in [1.165, 1.54) is 4.31 Å². The molecule has 1 aromatic carbocycles. The van der Waals surface area contributed by atoms with Gasteiger partial charge in [-0.3, -0.25) is 0 Å². The Balaban J connectivity index is 2.61. The van der Waals surface area contributed by atoms with Crippen LogP contribution in [0.1, 0.15) is 24.8 Å². The largest absolute Gasteiger partial charge is 0.279 e. The third kappa shape index (κ3) is 4.24. The minimum Gasteiger partial charge on any atom is -0.200 e. The summed E-state index contributed by atoms with van der Waals surface area (Å²) in [4.78, 5) is 0. The molecule has 1 rings (SSSR count). The zero-order valence-electron chi connectivity index (χ0n) is 10.8. The van der Waals surface area contributed by atoms with E-state index in [9.17, 15) is 8.42 Å². The van der Waals surface area contributed by atoms with E-state index in [-0.39, 0.29) is 18.0 Å². The van der Waals surface area contributed by atoms with Gasteiger partial charge in [0.1, 0.15) is 0 Å². The fourth-order valence-electron chi connectivity index (χ4n) is 1.34. The van der Waals surface area contributed by atoms with Crippen molar-refractivity contribution in [2.75, 3.05) is 13.6 Å². The molecule has 102 valence electrons. The van der Waals surface area contributed by atoms with Crippen LogP contribution >= 0.6 is 11.6 Å². The van der Waals surface area contributed by atoms with E-state index in [1.54, 1.807) is 7.05 Å². The number of alkyl halides is 1. The molecule has 0 aliphatic heterocycles. The van der Waals surface area contributed by atoms with Gasteiger partial charge in [-0.25, -0.2) is 4.72 Å². The highest BCUT2D eigenvalue weighted by molar-refractivity contribution is 7.87. The second-order valence-electron chi connectivity index (χ2n) is 4.34. The van der Waals surface area contributed by atoms with E-state index in [0.717, 1.165) is 5.56 Å². The predicted molar refractivity (Wildman–Crippen MR) is 74.9 cm³/mol. The zero-order chi connectivity index (χ0) is 13.8. The first-order valence-corrected chi connectivity index (χ1v) is 7.64. The summed E-state index contributed by atoms with van der Waals surface area (Å²) in [6, 6.07) is 9.30. The first-order valence-electron chi connectivity index (χ1n) is 5.76. The molecule has 4 nitrogen and oxygen atoms in total. The molecule has 1 aromatic rings. The Labute approximate surface area is 114 Å². The van der Waals surface area contributed by atoms with Crippen LogP contribution in [0.4, 0.5) is 0 Å². The molecule has 0 radical (unpaired) electrons. The highest BCUT2D eigenvalue weighted by Crippen LogP contribution is 2.19. The molecule has 1 atom stereocenters. The molecule has 6 heteroatoms. The summed E-state index contributed by atoms with van der Waals surface area (Å²) in [6.07, 6.45) is 0. The van der Waals surface area contributed by atoms with Crippen LogP contribution in [0, 0.1) is 0 Å². The number of hydrogen-bond donors (Lipinski definition) is 1. The fourth-order valence-corrected chi connectivity index (χ4v) is 2.79. The lowest BCUT2D eigenvalue weighted by molar-refractivity contribution is 0.402. The monoisotopic (exact) mass is 290 g/mol. The van der Waals surface area contributed by atoms with Crippen molar-refractivity contribution in [3.8, 4) is 0 Å². The molecular formula is C12H19ClN2O2S. The zero-order valence-corrected chi connectivity index (χ0v) is 12.4. The number of nitrogens with one attached hydrogen (secondary N) is 1. The Bertz CT molecular complexity index is 462. The Morgan fingerprint density at radius 2 is 1.83 bits per heavy atom. The standard InChI is InChI=1S/C12H19ClN2O2S/c1-10(2)15(3)18(16,17)14-9-12(13)11-7-5-4-6-8-11/h4-8,10,12,14H,9H2,1-3H3. The van der Waals surface area contributed by atoms with E-state index >= 15 is 0 Å². The van der Waals surface area contributed by atoms with Gasteiger partial charge in [-0.2, -0.15) is 12.7 Å². The van der Waals surface area contributed by atoms with Crippen LogP contribution in [0.3, 0.4) is 0 Å². The molecule has 0 bridgehead atoms. The van der Waals surface area contributed by atoms with Gasteiger partial charge >= 0.3 is 0 Å². The van der Waals surface area contributed by atoms with E-state index < -0.39 is 10.2 Å². The normalized spacial score (nSPS) is 14.1. The van der Waals surface area contributed by atoms with Gasteiger partial charge in [0.25, 0.3) is 10.2 Å². The molecule has 0 saturated heterocycles. The van der Waals surface area contributed by atoms with Gasteiger partial charge in [-0.05, 0) is 19.4 Å². The van der Waals surface area contributed by atoms with Crippen LogP contribution in [0.2, 0.25) is 0 Å². The van der Waals surface area contributed by atoms with Crippen molar-refractivity contribution >= 4 is 21.8 Å². The Hall–Kier alpha value is -0.620. The molecule has 0 fully saturated rings. The van der Waals surface area contributed by atoms with Crippen LogP contribution in [-0.2, 0) is 10.2 Å². The summed E-state index contributed by atoms with van der Waals surface area (Å²) >= 11 is 6.15. The van der Waals surface area contributed by atoms with Crippen molar-refractivity contribution in [2.24, 2.45) is 0 Å². The Morgan fingerprint density at radius 1 is 1.28 bits per heavy atom. The highest BCUT2D eigenvalue weighted by atomic mass is 35.5. The lowest BCUT2D eigenvalue weighted by Gasteiger charge is -2.22. The van der Waals surface area contributed by atoms with Crippen molar-refractivity contribution in [3.05, 3.63) is 35.9 Å². The third-order valence-corrected chi connectivity index (χ3v) is 4.83. The topological polar surface area (TPSA) is 49.4 Å². The van der Waals surface area contributed by atoms with Crippen LogP contribution in [0.5, 0.6) is 0 Å². The summed E-state index contributed by atoms with van der Waals surface area (Å²) in [7, 11) is -1.92. The van der Waals surface area contributed by atoms with Crippen LogP contribution < -0.4 is 4.72 Å². The van der Waals surface area contributed by atoms with Crippen molar-refractivity contribution in [1.29, 1.82) is 0 Å². The molecule has 0 heterocycles. The third-order valence-electron chi connectivity index (χ3n) is 2.71. The summed E-state index contributed by atoms with van der Waals surface area (Å²) in [6.45, 7) is 3.80. The second kappa shape index (κ2) is 6.52.